The van der Waals surface area contributed by atoms with Crippen LogP contribution in [0.1, 0.15) is 5.56 Å². The summed E-state index contributed by atoms with van der Waals surface area (Å²) in [7, 11) is -3.80. The zero-order valence-electron chi connectivity index (χ0n) is 12.1. The lowest BCUT2D eigenvalue weighted by atomic mass is 10.2. The van der Waals surface area contributed by atoms with E-state index in [1.807, 2.05) is 25.1 Å². The van der Waals surface area contributed by atoms with E-state index in [9.17, 15) is 13.2 Å². The molecule has 0 spiro atoms. The highest BCUT2D eigenvalue weighted by atomic mass is 32.2. The number of benzene rings is 2. The van der Waals surface area contributed by atoms with Gasteiger partial charge in [0.2, 0.25) is 0 Å². The lowest BCUT2D eigenvalue weighted by Gasteiger charge is -2.18. The molecule has 22 heavy (non-hydrogen) atoms. The van der Waals surface area contributed by atoms with Crippen LogP contribution in [0.5, 0.6) is 0 Å². The van der Waals surface area contributed by atoms with Crippen LogP contribution in [0.15, 0.2) is 59.5 Å². The number of carbonyl (C=O) groups excluding carboxylic acids is 1. The summed E-state index contributed by atoms with van der Waals surface area (Å²) >= 11 is 0. The van der Waals surface area contributed by atoms with Gasteiger partial charge in [-0.25, -0.2) is 17.5 Å². The predicted molar refractivity (Wildman–Crippen MR) is 84.3 cm³/mol. The fourth-order valence-corrected chi connectivity index (χ4v) is 3.79. The smallest absolute Gasteiger partial charge is 0.292 e. The van der Waals surface area contributed by atoms with Crippen molar-refractivity contribution in [3.05, 3.63) is 60.2 Å². The molecule has 2 aromatic carbocycles. The molecule has 0 N–H and O–H groups in total. The van der Waals surface area contributed by atoms with Crippen LogP contribution in [-0.2, 0) is 10.0 Å². The Bertz CT molecular complexity index is 786. The van der Waals surface area contributed by atoms with Crippen molar-refractivity contribution in [2.45, 2.75) is 11.8 Å². The molecule has 1 aliphatic heterocycles. The molecule has 1 saturated heterocycles. The van der Waals surface area contributed by atoms with Gasteiger partial charge in [-0.3, -0.25) is 4.90 Å². The second-order valence-electron chi connectivity index (χ2n) is 5.16. The molecule has 0 atom stereocenters. The minimum Gasteiger partial charge on any atom is -0.292 e. The molecule has 3 rings (SSSR count). The number of amides is 2. The van der Waals surface area contributed by atoms with Gasteiger partial charge in [-0.15, -0.1) is 0 Å². The molecule has 1 heterocycles. The van der Waals surface area contributed by atoms with E-state index < -0.39 is 16.1 Å². The largest absolute Gasteiger partial charge is 0.338 e. The molecule has 0 radical (unpaired) electrons. The Labute approximate surface area is 129 Å². The van der Waals surface area contributed by atoms with Crippen molar-refractivity contribution in [1.82, 2.24) is 4.31 Å². The Kier molecular flexibility index (Phi) is 3.62. The van der Waals surface area contributed by atoms with E-state index in [0.717, 1.165) is 9.87 Å². The SMILES string of the molecule is Cc1ccc(S(=O)(=O)N2CCN(c3ccccc3)C2=O)cc1. The average Bonchev–Trinajstić information content (AvgIpc) is 2.91. The fourth-order valence-electron chi connectivity index (χ4n) is 2.42. The summed E-state index contributed by atoms with van der Waals surface area (Å²) in [5.74, 6) is 0. The lowest BCUT2D eigenvalue weighted by Crippen LogP contribution is -2.36. The number of hydrogen-bond donors (Lipinski definition) is 0. The molecule has 114 valence electrons. The highest BCUT2D eigenvalue weighted by Gasteiger charge is 2.38. The molecule has 0 saturated carbocycles. The quantitative estimate of drug-likeness (QED) is 0.874. The van der Waals surface area contributed by atoms with Gasteiger partial charge in [-0.1, -0.05) is 35.9 Å². The van der Waals surface area contributed by atoms with Crippen molar-refractivity contribution in [1.29, 1.82) is 0 Å². The van der Waals surface area contributed by atoms with Crippen molar-refractivity contribution in [2.75, 3.05) is 18.0 Å². The minimum absolute atomic E-state index is 0.140. The number of hydrogen-bond acceptors (Lipinski definition) is 3. The van der Waals surface area contributed by atoms with Gasteiger partial charge < -0.3 is 0 Å². The van der Waals surface area contributed by atoms with Gasteiger partial charge in [0, 0.05) is 12.2 Å². The van der Waals surface area contributed by atoms with Gasteiger partial charge >= 0.3 is 6.03 Å². The summed E-state index contributed by atoms with van der Waals surface area (Å²) in [6.07, 6.45) is 0. The summed E-state index contributed by atoms with van der Waals surface area (Å²) in [6, 6.07) is 15.1. The number of aryl methyl sites for hydroxylation is 1. The summed E-state index contributed by atoms with van der Waals surface area (Å²) in [4.78, 5) is 14.1. The highest BCUT2D eigenvalue weighted by molar-refractivity contribution is 7.89. The van der Waals surface area contributed by atoms with Gasteiger partial charge in [0.25, 0.3) is 10.0 Å². The maximum atomic E-state index is 12.6. The van der Waals surface area contributed by atoms with Crippen molar-refractivity contribution in [3.63, 3.8) is 0 Å². The van der Waals surface area contributed by atoms with E-state index in [1.165, 1.54) is 17.0 Å². The molecular formula is C16H16N2O3S. The zero-order chi connectivity index (χ0) is 15.7. The fraction of sp³-hybridized carbons (Fsp3) is 0.188. The minimum atomic E-state index is -3.80. The van der Waals surface area contributed by atoms with Gasteiger partial charge in [0.15, 0.2) is 0 Å². The zero-order valence-corrected chi connectivity index (χ0v) is 13.0. The number of sulfonamides is 1. The van der Waals surface area contributed by atoms with E-state index in [1.54, 1.807) is 24.3 Å². The first-order chi connectivity index (χ1) is 10.5. The Morgan fingerprint density at radius 2 is 1.55 bits per heavy atom. The van der Waals surface area contributed by atoms with Crippen molar-refractivity contribution >= 4 is 21.7 Å². The summed E-state index contributed by atoms with van der Waals surface area (Å²) in [5.41, 5.74) is 1.67. The van der Waals surface area contributed by atoms with Crippen LogP contribution in [0.3, 0.4) is 0 Å². The summed E-state index contributed by atoms with van der Waals surface area (Å²) < 4.78 is 26.2. The first-order valence-corrected chi connectivity index (χ1v) is 8.40. The third-order valence-corrected chi connectivity index (χ3v) is 5.43. The number of nitrogens with zero attached hydrogens (tertiary/aromatic N) is 2. The monoisotopic (exact) mass is 316 g/mol. The van der Waals surface area contributed by atoms with E-state index in [2.05, 4.69) is 0 Å². The third-order valence-electron chi connectivity index (χ3n) is 3.65. The summed E-state index contributed by atoms with van der Waals surface area (Å²) in [5, 5.41) is 0. The number of anilines is 1. The van der Waals surface area contributed by atoms with Crippen molar-refractivity contribution in [2.24, 2.45) is 0 Å². The van der Waals surface area contributed by atoms with Crippen LogP contribution in [0.4, 0.5) is 10.5 Å². The van der Waals surface area contributed by atoms with E-state index in [4.69, 9.17) is 0 Å². The van der Waals surface area contributed by atoms with Gasteiger partial charge in [0.05, 0.1) is 11.4 Å². The predicted octanol–water partition coefficient (Wildman–Crippen LogP) is 2.63. The normalized spacial score (nSPS) is 15.4. The Morgan fingerprint density at radius 1 is 0.909 bits per heavy atom. The van der Waals surface area contributed by atoms with Crippen LogP contribution in [0.25, 0.3) is 0 Å². The van der Waals surface area contributed by atoms with Gasteiger partial charge in [0.1, 0.15) is 0 Å². The van der Waals surface area contributed by atoms with Crippen molar-refractivity contribution in [3.8, 4) is 0 Å². The molecule has 0 aliphatic carbocycles. The molecule has 0 aromatic heterocycles. The molecule has 1 aliphatic rings. The number of urea groups is 1. The standard InChI is InChI=1S/C16H16N2O3S/c1-13-7-9-15(10-8-13)22(20,21)18-12-11-17(16(18)19)14-5-3-2-4-6-14/h2-10H,11-12H2,1H3. The molecular weight excluding hydrogens is 300 g/mol. The van der Waals surface area contributed by atoms with Crippen LogP contribution in [0, 0.1) is 6.92 Å². The topological polar surface area (TPSA) is 57.7 Å². The lowest BCUT2D eigenvalue weighted by molar-refractivity contribution is 0.239. The van der Waals surface area contributed by atoms with E-state index in [-0.39, 0.29) is 11.4 Å². The molecule has 2 amide bonds. The molecule has 5 nitrogen and oxygen atoms in total. The molecule has 2 aromatic rings. The van der Waals surface area contributed by atoms with Gasteiger partial charge in [-0.2, -0.15) is 0 Å². The van der Waals surface area contributed by atoms with Crippen LogP contribution >= 0.6 is 0 Å². The Morgan fingerprint density at radius 3 is 2.18 bits per heavy atom. The highest BCUT2D eigenvalue weighted by Crippen LogP contribution is 2.25. The maximum absolute atomic E-state index is 12.6. The second-order valence-corrected chi connectivity index (χ2v) is 7.02. The molecule has 1 fully saturated rings. The number of para-hydroxylation sites is 1. The first kappa shape index (κ1) is 14.6. The van der Waals surface area contributed by atoms with Crippen LogP contribution < -0.4 is 4.90 Å². The van der Waals surface area contributed by atoms with E-state index in [0.29, 0.717) is 12.2 Å². The maximum Gasteiger partial charge on any atom is 0.338 e. The van der Waals surface area contributed by atoms with E-state index >= 15 is 0 Å². The summed E-state index contributed by atoms with van der Waals surface area (Å²) in [6.45, 7) is 2.40. The van der Waals surface area contributed by atoms with Crippen LogP contribution in [0.2, 0.25) is 0 Å². The second kappa shape index (κ2) is 5.46. The average molecular weight is 316 g/mol. The Hall–Kier alpha value is -2.34. The van der Waals surface area contributed by atoms with Crippen LogP contribution in [-0.4, -0.2) is 31.8 Å². The van der Waals surface area contributed by atoms with Gasteiger partial charge in [-0.05, 0) is 31.2 Å². The number of carbonyl (C=O) groups is 1. The molecule has 6 heteroatoms. The van der Waals surface area contributed by atoms with Crippen molar-refractivity contribution < 1.29 is 13.2 Å². The molecule has 0 unspecified atom stereocenters. The Balaban J connectivity index is 1.90. The number of rotatable bonds is 3. The third kappa shape index (κ3) is 2.46. The molecule has 0 bridgehead atoms. The first-order valence-electron chi connectivity index (χ1n) is 6.96.